The van der Waals surface area contributed by atoms with Crippen molar-refractivity contribution in [3.63, 3.8) is 0 Å². The third-order valence-corrected chi connectivity index (χ3v) is 6.52. The number of nitrogens with zero attached hydrogens (tertiary/aromatic N) is 7. The second kappa shape index (κ2) is 9.63. The normalized spacial score (nSPS) is 13.9. The number of benzene rings is 2. The van der Waals surface area contributed by atoms with Crippen LogP contribution in [0, 0.1) is 11.5 Å². The van der Waals surface area contributed by atoms with E-state index in [-0.39, 0.29) is 0 Å². The van der Waals surface area contributed by atoms with Crippen LogP contribution in [-0.2, 0) is 0 Å². The zero-order chi connectivity index (χ0) is 23.5. The standard InChI is InChI=1S/C25H26N8S/c1-30(2)34-22-6-3-5-19(17-22)23-7-4-8-24-28-25(29-33(23)24)27-20-9-11-21(12-10-20)32-15-13-31(18-26)14-16-32/h3-12,17H,13-16H2,1-2H3,(H,27,29). The topological polar surface area (TPSA) is 75.7 Å². The van der Waals surface area contributed by atoms with Gasteiger partial charge in [0.1, 0.15) is 0 Å². The Morgan fingerprint density at radius 2 is 1.74 bits per heavy atom. The van der Waals surface area contributed by atoms with Crippen LogP contribution in [0.25, 0.3) is 16.9 Å². The average Bonchev–Trinajstić information content (AvgIpc) is 3.27. The first-order valence-corrected chi connectivity index (χ1v) is 11.9. The van der Waals surface area contributed by atoms with Crippen molar-refractivity contribution >= 4 is 34.9 Å². The molecule has 1 N–H and O–H groups in total. The van der Waals surface area contributed by atoms with E-state index in [2.05, 4.69) is 68.2 Å². The molecule has 0 unspecified atom stereocenters. The Bertz CT molecular complexity index is 1320. The Morgan fingerprint density at radius 1 is 0.971 bits per heavy atom. The molecule has 2 aromatic carbocycles. The van der Waals surface area contributed by atoms with Crippen LogP contribution in [0.5, 0.6) is 0 Å². The van der Waals surface area contributed by atoms with Crippen LogP contribution in [0.1, 0.15) is 0 Å². The highest BCUT2D eigenvalue weighted by molar-refractivity contribution is 7.97. The predicted molar refractivity (Wildman–Crippen MR) is 137 cm³/mol. The summed E-state index contributed by atoms with van der Waals surface area (Å²) in [4.78, 5) is 9.95. The van der Waals surface area contributed by atoms with Gasteiger partial charge in [-0.15, -0.1) is 5.10 Å². The number of rotatable bonds is 6. The highest BCUT2D eigenvalue weighted by Crippen LogP contribution is 2.28. The highest BCUT2D eigenvalue weighted by Gasteiger charge is 2.16. The summed E-state index contributed by atoms with van der Waals surface area (Å²) in [6.45, 7) is 3.23. The molecular formula is C25H26N8S. The molecule has 0 atom stereocenters. The number of nitriles is 1. The van der Waals surface area contributed by atoms with E-state index in [1.807, 2.05) is 42.9 Å². The summed E-state index contributed by atoms with van der Waals surface area (Å²) < 4.78 is 3.96. The third kappa shape index (κ3) is 4.78. The van der Waals surface area contributed by atoms with Crippen molar-refractivity contribution in [3.05, 3.63) is 66.7 Å². The largest absolute Gasteiger partial charge is 0.368 e. The highest BCUT2D eigenvalue weighted by atomic mass is 32.2. The van der Waals surface area contributed by atoms with Crippen molar-refractivity contribution in [3.8, 4) is 17.5 Å². The Morgan fingerprint density at radius 3 is 2.47 bits per heavy atom. The van der Waals surface area contributed by atoms with Gasteiger partial charge in [0.15, 0.2) is 11.8 Å². The van der Waals surface area contributed by atoms with Crippen molar-refractivity contribution in [2.45, 2.75) is 4.90 Å². The molecule has 0 amide bonds. The summed E-state index contributed by atoms with van der Waals surface area (Å²) in [6.07, 6.45) is 2.23. The zero-order valence-electron chi connectivity index (χ0n) is 19.2. The lowest BCUT2D eigenvalue weighted by Crippen LogP contribution is -2.44. The monoisotopic (exact) mass is 470 g/mol. The number of nitrogens with one attached hydrogen (secondary N) is 1. The molecule has 8 nitrogen and oxygen atoms in total. The van der Waals surface area contributed by atoms with E-state index < -0.39 is 0 Å². The minimum Gasteiger partial charge on any atom is -0.368 e. The maximum Gasteiger partial charge on any atom is 0.247 e. The first-order valence-electron chi connectivity index (χ1n) is 11.2. The Kier molecular flexibility index (Phi) is 6.25. The average molecular weight is 471 g/mol. The number of fused-ring (bicyclic) bond motifs is 1. The maximum atomic E-state index is 9.04. The van der Waals surface area contributed by atoms with Crippen LogP contribution in [0.15, 0.2) is 71.6 Å². The molecule has 2 aromatic heterocycles. The Balaban J connectivity index is 1.34. The van der Waals surface area contributed by atoms with E-state index in [1.165, 1.54) is 4.90 Å². The molecule has 0 bridgehead atoms. The number of hydrogen-bond donors (Lipinski definition) is 1. The van der Waals surface area contributed by atoms with Gasteiger partial charge in [-0.2, -0.15) is 10.2 Å². The minimum atomic E-state index is 0.557. The zero-order valence-corrected chi connectivity index (χ0v) is 20.0. The van der Waals surface area contributed by atoms with Gasteiger partial charge < -0.3 is 15.1 Å². The molecule has 0 saturated carbocycles. The third-order valence-electron chi connectivity index (χ3n) is 5.69. The van der Waals surface area contributed by atoms with Crippen molar-refractivity contribution < 1.29 is 0 Å². The maximum absolute atomic E-state index is 9.04. The van der Waals surface area contributed by atoms with E-state index >= 15 is 0 Å². The number of aromatic nitrogens is 3. The van der Waals surface area contributed by atoms with Crippen molar-refractivity contribution in [2.24, 2.45) is 0 Å². The van der Waals surface area contributed by atoms with E-state index in [0.717, 1.165) is 54.5 Å². The van der Waals surface area contributed by atoms with E-state index in [9.17, 15) is 0 Å². The van der Waals surface area contributed by atoms with Gasteiger partial charge in [-0.3, -0.25) is 4.31 Å². The molecule has 172 valence electrons. The van der Waals surface area contributed by atoms with E-state index in [1.54, 1.807) is 16.8 Å². The molecule has 4 aromatic rings. The molecule has 1 fully saturated rings. The van der Waals surface area contributed by atoms with Crippen LogP contribution in [-0.4, -0.2) is 64.1 Å². The number of pyridine rings is 1. The summed E-state index contributed by atoms with van der Waals surface area (Å²) in [5.74, 6) is 0.557. The molecule has 3 heterocycles. The summed E-state index contributed by atoms with van der Waals surface area (Å²) in [6, 6.07) is 22.8. The molecule has 0 radical (unpaired) electrons. The van der Waals surface area contributed by atoms with Crippen molar-refractivity contribution in [1.29, 1.82) is 5.26 Å². The van der Waals surface area contributed by atoms with Crippen LogP contribution in [0.4, 0.5) is 17.3 Å². The number of anilines is 3. The van der Waals surface area contributed by atoms with Crippen LogP contribution < -0.4 is 10.2 Å². The Labute approximate surface area is 203 Å². The lowest BCUT2D eigenvalue weighted by molar-refractivity contribution is 0.363. The molecule has 0 aliphatic carbocycles. The SMILES string of the molecule is CN(C)Sc1cccc(-c2cccc3nc(Nc4ccc(N5CCN(C#N)CC5)cc4)nn23)c1. The first-order chi connectivity index (χ1) is 16.6. The second-order valence-electron chi connectivity index (χ2n) is 8.29. The second-order valence-corrected chi connectivity index (χ2v) is 9.68. The fourth-order valence-electron chi connectivity index (χ4n) is 4.05. The quantitative estimate of drug-likeness (QED) is 0.330. The van der Waals surface area contributed by atoms with Crippen LogP contribution in [0.3, 0.4) is 0 Å². The number of piperazine rings is 1. The number of hydrogen-bond acceptors (Lipinski definition) is 8. The molecule has 1 saturated heterocycles. The first kappa shape index (κ1) is 22.1. The molecule has 9 heteroatoms. The van der Waals surface area contributed by atoms with Gasteiger partial charge in [-0.25, -0.2) is 4.52 Å². The van der Waals surface area contributed by atoms with E-state index in [4.69, 9.17) is 10.4 Å². The van der Waals surface area contributed by atoms with Gasteiger partial charge >= 0.3 is 0 Å². The molecule has 1 aliphatic heterocycles. The molecule has 1 aliphatic rings. The van der Waals surface area contributed by atoms with Crippen molar-refractivity contribution in [1.82, 2.24) is 23.8 Å². The summed E-state index contributed by atoms with van der Waals surface area (Å²) in [5.41, 5.74) is 4.96. The van der Waals surface area contributed by atoms with Gasteiger partial charge in [0.05, 0.1) is 5.69 Å². The molecule has 0 spiro atoms. The van der Waals surface area contributed by atoms with Gasteiger partial charge in [0, 0.05) is 48.0 Å². The van der Waals surface area contributed by atoms with E-state index in [0.29, 0.717) is 5.95 Å². The summed E-state index contributed by atoms with van der Waals surface area (Å²) >= 11 is 1.69. The predicted octanol–water partition coefficient (Wildman–Crippen LogP) is 4.31. The summed E-state index contributed by atoms with van der Waals surface area (Å²) in [5, 5.41) is 17.1. The van der Waals surface area contributed by atoms with Crippen molar-refractivity contribution in [2.75, 3.05) is 50.5 Å². The minimum absolute atomic E-state index is 0.557. The fraction of sp³-hybridized carbons (Fsp3) is 0.240. The van der Waals surface area contributed by atoms with Gasteiger partial charge in [0.25, 0.3) is 0 Å². The van der Waals surface area contributed by atoms with Crippen LogP contribution >= 0.6 is 11.9 Å². The van der Waals surface area contributed by atoms with Gasteiger partial charge in [0.2, 0.25) is 5.95 Å². The smallest absolute Gasteiger partial charge is 0.247 e. The molecule has 5 rings (SSSR count). The molecule has 34 heavy (non-hydrogen) atoms. The van der Waals surface area contributed by atoms with Gasteiger partial charge in [-0.1, -0.05) is 18.2 Å². The van der Waals surface area contributed by atoms with Crippen LogP contribution in [0.2, 0.25) is 0 Å². The van der Waals surface area contributed by atoms with Gasteiger partial charge in [-0.05, 0) is 74.6 Å². The Hall–Kier alpha value is -3.74. The lowest BCUT2D eigenvalue weighted by atomic mass is 10.1. The lowest BCUT2D eigenvalue weighted by Gasteiger charge is -2.33. The molecular weight excluding hydrogens is 444 g/mol. The summed E-state index contributed by atoms with van der Waals surface area (Å²) in [7, 11) is 4.07. The fourth-order valence-corrected chi connectivity index (χ4v) is 4.79.